The summed E-state index contributed by atoms with van der Waals surface area (Å²) in [5, 5.41) is 0.809. The normalized spacial score (nSPS) is 10.7. The van der Waals surface area contributed by atoms with Gasteiger partial charge in [-0.1, -0.05) is 34.1 Å². The Bertz CT molecular complexity index is 915. The minimum atomic E-state index is -0.547. The Kier molecular flexibility index (Phi) is 3.35. The topological polar surface area (TPSA) is 73.3 Å². The van der Waals surface area contributed by atoms with Gasteiger partial charge >= 0.3 is 5.63 Å². The number of benzene rings is 2. The average Bonchev–Trinajstić information content (AvgIpc) is 2.47. The van der Waals surface area contributed by atoms with E-state index in [1.165, 1.54) is 0 Å². The summed E-state index contributed by atoms with van der Waals surface area (Å²) in [7, 11) is 0. The number of carbonyl (C=O) groups excluding carboxylic acids is 1. The molecule has 2 N–H and O–H groups in total. The molecule has 5 heteroatoms. The summed E-state index contributed by atoms with van der Waals surface area (Å²) < 4.78 is 6.00. The molecule has 1 aromatic heterocycles. The molecule has 0 radical (unpaired) electrons. The predicted octanol–water partition coefficient (Wildman–Crippen LogP) is 3.32. The molecule has 1 amide bonds. The first kappa shape index (κ1) is 13.6. The van der Waals surface area contributed by atoms with Gasteiger partial charge in [0.1, 0.15) is 5.58 Å². The summed E-state index contributed by atoms with van der Waals surface area (Å²) in [6, 6.07) is 13.8. The van der Waals surface area contributed by atoms with Crippen LogP contribution in [-0.2, 0) is 0 Å². The van der Waals surface area contributed by atoms with Gasteiger partial charge in [0.25, 0.3) is 0 Å². The highest BCUT2D eigenvalue weighted by Gasteiger charge is 2.13. The fourth-order valence-electron chi connectivity index (χ4n) is 2.13. The molecule has 0 aliphatic carbocycles. The van der Waals surface area contributed by atoms with Crippen LogP contribution in [0.1, 0.15) is 10.4 Å². The quantitative estimate of drug-likeness (QED) is 0.725. The van der Waals surface area contributed by atoms with Crippen molar-refractivity contribution in [3.63, 3.8) is 0 Å². The fourth-order valence-corrected chi connectivity index (χ4v) is 2.59. The van der Waals surface area contributed by atoms with Crippen molar-refractivity contribution in [3.8, 4) is 11.1 Å². The van der Waals surface area contributed by atoms with Gasteiger partial charge in [-0.15, -0.1) is 0 Å². The molecule has 0 bridgehead atoms. The van der Waals surface area contributed by atoms with E-state index >= 15 is 0 Å². The van der Waals surface area contributed by atoms with Gasteiger partial charge in [0.2, 0.25) is 5.91 Å². The van der Waals surface area contributed by atoms with E-state index in [1.807, 2.05) is 12.1 Å². The summed E-state index contributed by atoms with van der Waals surface area (Å²) in [6.07, 6.45) is 0. The molecule has 104 valence electrons. The van der Waals surface area contributed by atoms with Crippen LogP contribution in [0.25, 0.3) is 22.1 Å². The van der Waals surface area contributed by atoms with Gasteiger partial charge in [0.05, 0.1) is 5.56 Å². The lowest BCUT2D eigenvalue weighted by Gasteiger charge is -2.06. The van der Waals surface area contributed by atoms with Gasteiger partial charge in [0, 0.05) is 21.0 Å². The van der Waals surface area contributed by atoms with Crippen LogP contribution in [-0.4, -0.2) is 5.91 Å². The second-order valence-corrected chi connectivity index (χ2v) is 5.40. The number of rotatable bonds is 2. The van der Waals surface area contributed by atoms with Crippen LogP contribution < -0.4 is 11.4 Å². The number of hydrogen-bond acceptors (Lipinski definition) is 3. The summed E-state index contributed by atoms with van der Waals surface area (Å²) in [5.74, 6) is -0.547. The summed E-state index contributed by atoms with van der Waals surface area (Å²) >= 11 is 3.38. The number of hydrogen-bond donors (Lipinski definition) is 1. The number of fused-ring (bicyclic) bond motifs is 1. The van der Waals surface area contributed by atoms with Crippen molar-refractivity contribution in [1.29, 1.82) is 0 Å². The second-order valence-electron chi connectivity index (χ2n) is 4.54. The van der Waals surface area contributed by atoms with E-state index in [2.05, 4.69) is 15.9 Å². The van der Waals surface area contributed by atoms with E-state index in [-0.39, 0.29) is 0 Å². The van der Waals surface area contributed by atoms with Crippen molar-refractivity contribution < 1.29 is 9.21 Å². The molecule has 3 aromatic rings. The Hall–Kier alpha value is -2.40. The van der Waals surface area contributed by atoms with Gasteiger partial charge in [0.15, 0.2) is 0 Å². The summed E-state index contributed by atoms with van der Waals surface area (Å²) in [6.45, 7) is 0. The highest BCUT2D eigenvalue weighted by molar-refractivity contribution is 9.10. The zero-order valence-electron chi connectivity index (χ0n) is 10.8. The zero-order chi connectivity index (χ0) is 15.0. The van der Waals surface area contributed by atoms with Gasteiger partial charge in [-0.2, -0.15) is 0 Å². The van der Waals surface area contributed by atoms with Gasteiger partial charge in [-0.25, -0.2) is 4.79 Å². The minimum Gasteiger partial charge on any atom is -0.422 e. The molecule has 0 spiro atoms. The first-order valence-corrected chi connectivity index (χ1v) is 6.98. The van der Waals surface area contributed by atoms with Gasteiger partial charge in [-0.3, -0.25) is 4.79 Å². The highest BCUT2D eigenvalue weighted by atomic mass is 79.9. The first-order valence-electron chi connectivity index (χ1n) is 6.19. The minimum absolute atomic E-state index is 0.334. The van der Waals surface area contributed by atoms with Crippen LogP contribution in [0.3, 0.4) is 0 Å². The van der Waals surface area contributed by atoms with Crippen molar-refractivity contribution in [2.75, 3.05) is 0 Å². The van der Waals surface area contributed by atoms with Crippen molar-refractivity contribution in [3.05, 3.63) is 69.0 Å². The maximum Gasteiger partial charge on any atom is 0.344 e. The lowest BCUT2D eigenvalue weighted by atomic mass is 10.0. The van der Waals surface area contributed by atoms with Crippen LogP contribution >= 0.6 is 15.9 Å². The lowest BCUT2D eigenvalue weighted by molar-refractivity contribution is 0.100. The molecule has 0 aliphatic rings. The SMILES string of the molecule is NC(=O)c1ccc(Br)c(-c2cc3ccccc3oc2=O)c1. The molecule has 0 fully saturated rings. The third-order valence-corrected chi connectivity index (χ3v) is 3.87. The van der Waals surface area contributed by atoms with E-state index in [4.69, 9.17) is 10.2 Å². The standard InChI is InChI=1S/C16H10BrNO3/c17-13-6-5-10(15(18)19)8-11(13)12-7-9-3-1-2-4-14(9)21-16(12)20/h1-8H,(H2,18,19). The maximum atomic E-state index is 12.2. The van der Waals surface area contributed by atoms with Crippen LogP contribution in [0.5, 0.6) is 0 Å². The summed E-state index contributed by atoms with van der Waals surface area (Å²) in [5.41, 5.74) is 6.63. The molecule has 0 unspecified atom stereocenters. The molecule has 0 atom stereocenters. The second kappa shape index (κ2) is 5.18. The molecule has 0 saturated heterocycles. The Balaban J connectivity index is 2.29. The van der Waals surface area contributed by atoms with Crippen LogP contribution in [0.2, 0.25) is 0 Å². The molecule has 0 aliphatic heterocycles. The largest absolute Gasteiger partial charge is 0.422 e. The molecule has 0 saturated carbocycles. The average molecular weight is 344 g/mol. The van der Waals surface area contributed by atoms with E-state index in [1.54, 1.807) is 36.4 Å². The van der Waals surface area contributed by atoms with Gasteiger partial charge < -0.3 is 10.2 Å². The Labute approximate surface area is 128 Å². The molecular formula is C16H10BrNO3. The van der Waals surface area contributed by atoms with Gasteiger partial charge in [-0.05, 0) is 30.3 Å². The Morgan fingerprint density at radius 2 is 1.81 bits per heavy atom. The van der Waals surface area contributed by atoms with E-state index in [0.29, 0.717) is 26.7 Å². The van der Waals surface area contributed by atoms with Crippen LogP contribution in [0, 0.1) is 0 Å². The van der Waals surface area contributed by atoms with Crippen LogP contribution in [0.4, 0.5) is 0 Å². The molecule has 21 heavy (non-hydrogen) atoms. The predicted molar refractivity (Wildman–Crippen MR) is 84.1 cm³/mol. The molecule has 3 rings (SSSR count). The van der Waals surface area contributed by atoms with Crippen molar-refractivity contribution in [2.45, 2.75) is 0 Å². The summed E-state index contributed by atoms with van der Waals surface area (Å²) in [4.78, 5) is 23.5. The smallest absolute Gasteiger partial charge is 0.344 e. The third kappa shape index (κ3) is 2.48. The third-order valence-electron chi connectivity index (χ3n) is 3.18. The number of halogens is 1. The van der Waals surface area contributed by atoms with Crippen molar-refractivity contribution >= 4 is 32.8 Å². The first-order chi connectivity index (χ1) is 10.1. The molecule has 4 nitrogen and oxygen atoms in total. The van der Waals surface area contributed by atoms with E-state index < -0.39 is 11.5 Å². The highest BCUT2D eigenvalue weighted by Crippen LogP contribution is 2.29. The van der Waals surface area contributed by atoms with Crippen LogP contribution in [0.15, 0.2) is 62.2 Å². The van der Waals surface area contributed by atoms with Crippen molar-refractivity contribution in [2.24, 2.45) is 5.73 Å². The lowest BCUT2D eigenvalue weighted by Crippen LogP contribution is -2.11. The Morgan fingerprint density at radius 3 is 2.57 bits per heavy atom. The monoisotopic (exact) mass is 343 g/mol. The zero-order valence-corrected chi connectivity index (χ0v) is 12.4. The Morgan fingerprint density at radius 1 is 1.05 bits per heavy atom. The fraction of sp³-hybridized carbons (Fsp3) is 0. The number of primary amides is 1. The van der Waals surface area contributed by atoms with E-state index in [9.17, 15) is 9.59 Å². The molecule has 2 aromatic carbocycles. The maximum absolute atomic E-state index is 12.2. The van der Waals surface area contributed by atoms with E-state index in [0.717, 1.165) is 5.39 Å². The molecular weight excluding hydrogens is 334 g/mol. The number of nitrogens with two attached hydrogens (primary N) is 1. The number of para-hydroxylation sites is 1. The molecule has 1 heterocycles. The number of amides is 1. The number of carbonyl (C=O) groups is 1. The van der Waals surface area contributed by atoms with Crippen molar-refractivity contribution in [1.82, 2.24) is 0 Å².